The molecule has 0 bridgehead atoms. The Labute approximate surface area is 152 Å². The van der Waals surface area contributed by atoms with Gasteiger partial charge in [0.05, 0.1) is 23.2 Å². The number of nitrogens with zero attached hydrogens (tertiary/aromatic N) is 2. The van der Waals surface area contributed by atoms with Crippen molar-refractivity contribution in [2.24, 2.45) is 0 Å². The van der Waals surface area contributed by atoms with E-state index in [0.29, 0.717) is 22.1 Å². The molecule has 0 aliphatic carbocycles. The minimum absolute atomic E-state index is 0.327. The van der Waals surface area contributed by atoms with Gasteiger partial charge in [-0.25, -0.2) is 12.4 Å². The smallest absolute Gasteiger partial charge is 0.269 e. The quantitative estimate of drug-likeness (QED) is 0.545. The van der Waals surface area contributed by atoms with Gasteiger partial charge in [-0.2, -0.15) is 0 Å². The third kappa shape index (κ3) is 1.97. The van der Waals surface area contributed by atoms with Crippen molar-refractivity contribution in [1.82, 2.24) is 8.87 Å². The Morgan fingerprint density at radius 3 is 2.69 bits per heavy atom. The molecule has 1 atom stereocenters. The first kappa shape index (κ1) is 15.9. The summed E-state index contributed by atoms with van der Waals surface area (Å²) in [4.78, 5) is 2.70. The van der Waals surface area contributed by atoms with Gasteiger partial charge in [-0.15, -0.1) is 0 Å². The number of likely N-dealkylation sites (tertiary alicyclic amines) is 1. The Morgan fingerprint density at radius 1 is 1.15 bits per heavy atom. The zero-order valence-corrected chi connectivity index (χ0v) is 15.6. The van der Waals surface area contributed by atoms with E-state index in [0.717, 1.165) is 41.7 Å². The molecule has 0 amide bonds. The van der Waals surface area contributed by atoms with Crippen molar-refractivity contribution >= 4 is 20.9 Å². The predicted molar refractivity (Wildman–Crippen MR) is 101 cm³/mol. The lowest BCUT2D eigenvalue weighted by atomic mass is 9.92. The van der Waals surface area contributed by atoms with Gasteiger partial charge in [0, 0.05) is 29.5 Å². The molecular weight excluding hydrogens is 348 g/mol. The van der Waals surface area contributed by atoms with Crippen LogP contribution in [0.1, 0.15) is 17.9 Å². The predicted octanol–water partition coefficient (Wildman–Crippen LogP) is 3.29. The van der Waals surface area contributed by atoms with Crippen LogP contribution >= 0.6 is 0 Å². The van der Waals surface area contributed by atoms with Gasteiger partial charge in [0.1, 0.15) is 5.75 Å². The summed E-state index contributed by atoms with van der Waals surface area (Å²) in [5.74, 6) is 0.993. The largest absolute Gasteiger partial charge is 0.497 e. The molecule has 6 heteroatoms. The number of aromatic nitrogens is 1. The lowest BCUT2D eigenvalue weighted by Crippen LogP contribution is -2.13. The third-order valence-corrected chi connectivity index (χ3v) is 7.40. The summed E-state index contributed by atoms with van der Waals surface area (Å²) in [5, 5.41) is 1.01. The zero-order chi connectivity index (χ0) is 18.1. The summed E-state index contributed by atoms with van der Waals surface area (Å²) >= 11 is 0. The molecule has 5 rings (SSSR count). The molecule has 0 saturated carbocycles. The number of benzene rings is 2. The highest BCUT2D eigenvalue weighted by atomic mass is 32.2. The summed E-state index contributed by atoms with van der Waals surface area (Å²) in [5.41, 5.74) is 3.51. The van der Waals surface area contributed by atoms with Gasteiger partial charge in [0.2, 0.25) is 0 Å². The molecular formula is C20H20N2O3S. The van der Waals surface area contributed by atoms with Crippen LogP contribution in [-0.4, -0.2) is 44.5 Å². The van der Waals surface area contributed by atoms with Crippen LogP contribution in [0.25, 0.3) is 22.2 Å². The number of ether oxygens (including phenoxy) is 1. The normalized spacial score (nSPS) is 21.1. The fourth-order valence-corrected chi connectivity index (χ4v) is 6.20. The molecule has 1 aromatic heterocycles. The van der Waals surface area contributed by atoms with Crippen molar-refractivity contribution in [1.29, 1.82) is 0 Å². The highest BCUT2D eigenvalue weighted by Crippen LogP contribution is 2.49. The standard InChI is InChI=1S/C20H20N2O3S/c1-21-10-9-13(12-21)19-15-8-7-14(25-2)11-17(15)22-20(19)16-5-3-4-6-18(16)26(22,23)24/h3-8,11,13H,9-10,12H2,1-2H3/t13-/m0/s1. The Kier molecular flexibility index (Phi) is 3.27. The summed E-state index contributed by atoms with van der Waals surface area (Å²) < 4.78 is 33.5. The number of rotatable bonds is 2. The summed E-state index contributed by atoms with van der Waals surface area (Å²) in [6.07, 6.45) is 1.04. The third-order valence-electron chi connectivity index (χ3n) is 5.63. The first-order chi connectivity index (χ1) is 12.5. The minimum atomic E-state index is -3.59. The second kappa shape index (κ2) is 5.34. The van der Waals surface area contributed by atoms with E-state index in [9.17, 15) is 8.42 Å². The second-order valence-corrected chi connectivity index (χ2v) is 8.91. The number of methoxy groups -OCH3 is 1. The van der Waals surface area contributed by atoms with Crippen LogP contribution in [0.4, 0.5) is 0 Å². The van der Waals surface area contributed by atoms with Crippen molar-refractivity contribution in [2.75, 3.05) is 27.2 Å². The maximum atomic E-state index is 13.3. The lowest BCUT2D eigenvalue weighted by Gasteiger charge is -2.12. The van der Waals surface area contributed by atoms with E-state index >= 15 is 0 Å². The monoisotopic (exact) mass is 368 g/mol. The Balaban J connectivity index is 1.92. The molecule has 0 radical (unpaired) electrons. The molecule has 1 fully saturated rings. The molecule has 26 heavy (non-hydrogen) atoms. The number of hydrogen-bond donors (Lipinski definition) is 0. The molecule has 2 aliphatic heterocycles. The second-order valence-electron chi connectivity index (χ2n) is 7.16. The average Bonchev–Trinajstić information content (AvgIpc) is 3.27. The fraction of sp³-hybridized carbons (Fsp3) is 0.300. The molecule has 0 N–H and O–H groups in total. The number of likely N-dealkylation sites (N-methyl/N-ethyl adjacent to an activating group) is 1. The van der Waals surface area contributed by atoms with E-state index in [2.05, 4.69) is 11.9 Å². The Hall–Kier alpha value is -2.31. The molecule has 2 aromatic carbocycles. The number of hydrogen-bond acceptors (Lipinski definition) is 4. The SMILES string of the molecule is COc1ccc2c([C@H]3CCN(C)C3)c3n(c2c1)S(=O)(=O)c1ccccc1-3. The van der Waals surface area contributed by atoms with Crippen LogP contribution in [0.3, 0.4) is 0 Å². The van der Waals surface area contributed by atoms with E-state index < -0.39 is 10.0 Å². The Morgan fingerprint density at radius 2 is 1.96 bits per heavy atom. The van der Waals surface area contributed by atoms with E-state index in [1.807, 2.05) is 30.3 Å². The zero-order valence-electron chi connectivity index (χ0n) is 14.8. The minimum Gasteiger partial charge on any atom is -0.497 e. The van der Waals surface area contributed by atoms with Gasteiger partial charge in [0.15, 0.2) is 0 Å². The lowest BCUT2D eigenvalue weighted by molar-refractivity contribution is 0.412. The van der Waals surface area contributed by atoms with Gasteiger partial charge in [-0.1, -0.05) is 18.2 Å². The number of fused-ring (bicyclic) bond motifs is 5. The first-order valence-corrected chi connectivity index (χ1v) is 10.2. The molecule has 2 aliphatic rings. The van der Waals surface area contributed by atoms with Crippen molar-refractivity contribution in [2.45, 2.75) is 17.2 Å². The van der Waals surface area contributed by atoms with Gasteiger partial charge in [-0.05, 0) is 43.8 Å². The van der Waals surface area contributed by atoms with E-state index in [-0.39, 0.29) is 0 Å². The van der Waals surface area contributed by atoms with Crippen LogP contribution in [0, 0.1) is 0 Å². The van der Waals surface area contributed by atoms with Crippen molar-refractivity contribution < 1.29 is 13.2 Å². The van der Waals surface area contributed by atoms with Crippen molar-refractivity contribution in [3.8, 4) is 17.0 Å². The molecule has 0 unspecified atom stereocenters. The maximum Gasteiger partial charge on any atom is 0.269 e. The summed E-state index contributed by atoms with van der Waals surface area (Å²) in [6, 6.07) is 13.1. The van der Waals surface area contributed by atoms with Gasteiger partial charge in [-0.3, -0.25) is 0 Å². The van der Waals surface area contributed by atoms with Gasteiger partial charge >= 0.3 is 0 Å². The van der Waals surface area contributed by atoms with Gasteiger partial charge < -0.3 is 9.64 Å². The Bertz CT molecular complexity index is 1150. The molecule has 3 aromatic rings. The van der Waals surface area contributed by atoms with Crippen LogP contribution < -0.4 is 4.74 Å². The van der Waals surface area contributed by atoms with Crippen LogP contribution in [0.2, 0.25) is 0 Å². The highest BCUT2D eigenvalue weighted by Gasteiger charge is 2.39. The summed E-state index contributed by atoms with van der Waals surface area (Å²) in [7, 11) is 0.128. The molecule has 3 heterocycles. The topological polar surface area (TPSA) is 51.5 Å². The molecule has 0 spiro atoms. The van der Waals surface area contributed by atoms with Gasteiger partial charge in [0.25, 0.3) is 10.0 Å². The van der Waals surface area contributed by atoms with Crippen molar-refractivity contribution in [3.05, 3.63) is 48.0 Å². The van der Waals surface area contributed by atoms with E-state index in [4.69, 9.17) is 4.74 Å². The molecule has 5 nitrogen and oxygen atoms in total. The highest BCUT2D eigenvalue weighted by molar-refractivity contribution is 7.90. The van der Waals surface area contributed by atoms with E-state index in [1.165, 1.54) is 3.97 Å². The fourth-order valence-electron chi connectivity index (χ4n) is 4.47. The molecule has 134 valence electrons. The summed E-state index contributed by atoms with van der Waals surface area (Å²) in [6.45, 7) is 1.97. The van der Waals surface area contributed by atoms with Crippen LogP contribution in [0.15, 0.2) is 47.4 Å². The average molecular weight is 368 g/mol. The van der Waals surface area contributed by atoms with Crippen molar-refractivity contribution in [3.63, 3.8) is 0 Å². The maximum absolute atomic E-state index is 13.3. The van der Waals surface area contributed by atoms with E-state index in [1.54, 1.807) is 19.2 Å². The van der Waals surface area contributed by atoms with Crippen LogP contribution in [-0.2, 0) is 10.0 Å². The van der Waals surface area contributed by atoms with Crippen LogP contribution in [0.5, 0.6) is 5.75 Å². The first-order valence-electron chi connectivity index (χ1n) is 8.78. The molecule has 1 saturated heterocycles.